The van der Waals surface area contributed by atoms with E-state index < -0.39 is 5.97 Å². The van der Waals surface area contributed by atoms with Crippen molar-refractivity contribution in [2.24, 2.45) is 0 Å². The number of likely N-dealkylation sites (N-methyl/N-ethyl adjacent to an activating group) is 1. The number of hydrogen-bond donors (Lipinski definition) is 1. The topological polar surface area (TPSA) is 58.4 Å². The summed E-state index contributed by atoms with van der Waals surface area (Å²) >= 11 is 0. The summed E-state index contributed by atoms with van der Waals surface area (Å²) in [4.78, 5) is 16.6. The van der Waals surface area contributed by atoms with Crippen LogP contribution in [0.25, 0.3) is 0 Å². The third kappa shape index (κ3) is 4.44. The van der Waals surface area contributed by atoms with Gasteiger partial charge in [0.15, 0.2) is 0 Å². The van der Waals surface area contributed by atoms with Gasteiger partial charge in [0.1, 0.15) is 5.82 Å². The quantitative estimate of drug-likeness (QED) is 0.751. The largest absolute Gasteiger partial charge is 0.481 e. The highest BCUT2D eigenvalue weighted by atomic mass is 16.4. The minimum absolute atomic E-state index is 0.244. The van der Waals surface area contributed by atoms with Crippen LogP contribution in [-0.4, -0.2) is 45.7 Å². The molecule has 0 aliphatic carbocycles. The number of aliphatic carboxylic acids is 1. The molecule has 0 aromatic carbocycles. The zero-order valence-electron chi connectivity index (χ0n) is 9.89. The summed E-state index contributed by atoms with van der Waals surface area (Å²) in [5.74, 6) is 0.290. The van der Waals surface area contributed by atoms with Crippen molar-refractivity contribution in [2.75, 3.05) is 20.1 Å². The highest BCUT2D eigenvalue weighted by molar-refractivity contribution is 5.66. The minimum Gasteiger partial charge on any atom is -0.481 e. The molecule has 90 valence electrons. The summed E-state index contributed by atoms with van der Waals surface area (Å²) in [7, 11) is 2.01. The number of carboxylic acid groups (broad SMARTS) is 1. The van der Waals surface area contributed by atoms with Crippen LogP contribution < -0.4 is 0 Å². The van der Waals surface area contributed by atoms with Crippen LogP contribution in [0, 0.1) is 6.92 Å². The lowest BCUT2D eigenvalue weighted by Gasteiger charge is -2.16. The fourth-order valence-corrected chi connectivity index (χ4v) is 1.53. The Morgan fingerprint density at radius 1 is 1.56 bits per heavy atom. The molecule has 1 rings (SSSR count). The Hall–Kier alpha value is -1.36. The fourth-order valence-electron chi connectivity index (χ4n) is 1.53. The number of nitrogens with zero attached hydrogens (tertiary/aromatic N) is 3. The van der Waals surface area contributed by atoms with Gasteiger partial charge in [0, 0.05) is 31.9 Å². The molecule has 1 aromatic rings. The summed E-state index contributed by atoms with van der Waals surface area (Å²) in [5.41, 5.74) is 0. The SMILES string of the molecule is Cc1nccn1CCN(C)CCCC(=O)O. The van der Waals surface area contributed by atoms with Gasteiger partial charge in [-0.2, -0.15) is 0 Å². The summed E-state index contributed by atoms with van der Waals surface area (Å²) in [6.07, 6.45) is 4.70. The number of carbonyl (C=O) groups is 1. The zero-order valence-corrected chi connectivity index (χ0v) is 9.89. The van der Waals surface area contributed by atoms with E-state index in [1.807, 2.05) is 20.2 Å². The lowest BCUT2D eigenvalue weighted by atomic mass is 10.3. The van der Waals surface area contributed by atoms with E-state index in [1.54, 1.807) is 6.20 Å². The number of aryl methyl sites for hydroxylation is 1. The molecule has 0 amide bonds. The lowest BCUT2D eigenvalue weighted by Crippen LogP contribution is -2.25. The maximum atomic E-state index is 10.3. The molecule has 0 radical (unpaired) electrons. The molecule has 5 heteroatoms. The second kappa shape index (κ2) is 6.27. The third-order valence-corrected chi connectivity index (χ3v) is 2.58. The average molecular weight is 225 g/mol. The van der Waals surface area contributed by atoms with E-state index in [-0.39, 0.29) is 6.42 Å². The van der Waals surface area contributed by atoms with Crippen molar-refractivity contribution in [1.82, 2.24) is 14.5 Å². The van der Waals surface area contributed by atoms with Gasteiger partial charge in [-0.15, -0.1) is 0 Å². The van der Waals surface area contributed by atoms with Gasteiger partial charge in [-0.25, -0.2) is 4.98 Å². The molecule has 16 heavy (non-hydrogen) atoms. The summed E-state index contributed by atoms with van der Waals surface area (Å²) in [6, 6.07) is 0. The molecule has 0 saturated carbocycles. The molecular weight excluding hydrogens is 206 g/mol. The van der Waals surface area contributed by atoms with E-state index in [1.165, 1.54) is 0 Å². The minimum atomic E-state index is -0.723. The van der Waals surface area contributed by atoms with E-state index >= 15 is 0 Å². The predicted octanol–water partition coefficient (Wildman–Crippen LogP) is 0.988. The second-order valence-electron chi connectivity index (χ2n) is 3.97. The first-order valence-electron chi connectivity index (χ1n) is 5.47. The van der Waals surface area contributed by atoms with Crippen molar-refractivity contribution in [3.63, 3.8) is 0 Å². The smallest absolute Gasteiger partial charge is 0.303 e. The number of rotatable bonds is 7. The molecule has 0 unspecified atom stereocenters. The normalized spacial score (nSPS) is 10.9. The number of hydrogen-bond acceptors (Lipinski definition) is 3. The molecule has 0 aliphatic rings. The van der Waals surface area contributed by atoms with E-state index in [0.29, 0.717) is 6.42 Å². The molecule has 0 atom stereocenters. The van der Waals surface area contributed by atoms with Gasteiger partial charge >= 0.3 is 5.97 Å². The Morgan fingerprint density at radius 2 is 2.31 bits per heavy atom. The maximum Gasteiger partial charge on any atom is 0.303 e. The molecule has 5 nitrogen and oxygen atoms in total. The Labute approximate surface area is 95.7 Å². The molecule has 0 aliphatic heterocycles. The monoisotopic (exact) mass is 225 g/mol. The van der Waals surface area contributed by atoms with Crippen molar-refractivity contribution in [3.05, 3.63) is 18.2 Å². The Bertz CT molecular complexity index is 336. The van der Waals surface area contributed by atoms with Gasteiger partial charge in [-0.1, -0.05) is 0 Å². The first-order chi connectivity index (χ1) is 7.59. The van der Waals surface area contributed by atoms with Crippen LogP contribution >= 0.6 is 0 Å². The third-order valence-electron chi connectivity index (χ3n) is 2.58. The van der Waals surface area contributed by atoms with Crippen LogP contribution in [0.3, 0.4) is 0 Å². The number of imidazole rings is 1. The van der Waals surface area contributed by atoms with E-state index in [4.69, 9.17) is 5.11 Å². The first-order valence-corrected chi connectivity index (χ1v) is 5.47. The molecule has 1 heterocycles. The Balaban J connectivity index is 2.17. The predicted molar refractivity (Wildman–Crippen MR) is 61.3 cm³/mol. The molecular formula is C11H19N3O2. The van der Waals surface area contributed by atoms with Gasteiger partial charge in [0.05, 0.1) is 0 Å². The van der Waals surface area contributed by atoms with Crippen molar-refractivity contribution in [1.29, 1.82) is 0 Å². The maximum absolute atomic E-state index is 10.3. The van der Waals surface area contributed by atoms with Crippen LogP contribution in [0.4, 0.5) is 0 Å². The van der Waals surface area contributed by atoms with Crippen molar-refractivity contribution in [2.45, 2.75) is 26.3 Å². The summed E-state index contributed by atoms with van der Waals surface area (Å²) in [5, 5.41) is 8.51. The number of carboxylic acids is 1. The first kappa shape index (κ1) is 12.7. The highest BCUT2D eigenvalue weighted by Crippen LogP contribution is 1.97. The highest BCUT2D eigenvalue weighted by Gasteiger charge is 2.02. The van der Waals surface area contributed by atoms with Gasteiger partial charge in [0.25, 0.3) is 0 Å². The fraction of sp³-hybridized carbons (Fsp3) is 0.636. The molecule has 0 saturated heterocycles. The Kier molecular flexibility index (Phi) is 4.98. The Morgan fingerprint density at radius 3 is 2.88 bits per heavy atom. The van der Waals surface area contributed by atoms with Crippen molar-refractivity contribution in [3.8, 4) is 0 Å². The van der Waals surface area contributed by atoms with Gasteiger partial charge in [0.2, 0.25) is 0 Å². The van der Waals surface area contributed by atoms with Crippen molar-refractivity contribution < 1.29 is 9.90 Å². The summed E-state index contributed by atoms with van der Waals surface area (Å²) in [6.45, 7) is 4.61. The molecule has 0 spiro atoms. The van der Waals surface area contributed by atoms with Crippen LogP contribution in [0.1, 0.15) is 18.7 Å². The van der Waals surface area contributed by atoms with Crippen LogP contribution in [-0.2, 0) is 11.3 Å². The van der Waals surface area contributed by atoms with Gasteiger partial charge in [-0.05, 0) is 26.9 Å². The molecule has 1 aromatic heterocycles. The van der Waals surface area contributed by atoms with Crippen LogP contribution in [0.15, 0.2) is 12.4 Å². The summed E-state index contributed by atoms with van der Waals surface area (Å²) < 4.78 is 2.09. The zero-order chi connectivity index (χ0) is 12.0. The number of aromatic nitrogens is 2. The van der Waals surface area contributed by atoms with E-state index in [0.717, 1.165) is 25.5 Å². The van der Waals surface area contributed by atoms with E-state index in [9.17, 15) is 4.79 Å². The van der Waals surface area contributed by atoms with Gasteiger partial charge < -0.3 is 14.6 Å². The second-order valence-corrected chi connectivity index (χ2v) is 3.97. The average Bonchev–Trinajstić information content (AvgIpc) is 2.60. The lowest BCUT2D eigenvalue weighted by molar-refractivity contribution is -0.137. The molecule has 1 N–H and O–H groups in total. The van der Waals surface area contributed by atoms with E-state index in [2.05, 4.69) is 14.5 Å². The molecule has 0 fully saturated rings. The molecule has 0 bridgehead atoms. The van der Waals surface area contributed by atoms with Crippen LogP contribution in [0.2, 0.25) is 0 Å². The van der Waals surface area contributed by atoms with Gasteiger partial charge in [-0.3, -0.25) is 4.79 Å². The standard InChI is InChI=1S/C11H19N3O2/c1-10-12-5-7-14(10)9-8-13(2)6-3-4-11(15)16/h5,7H,3-4,6,8-9H2,1-2H3,(H,15,16). The van der Waals surface area contributed by atoms with Crippen molar-refractivity contribution >= 4 is 5.97 Å². The van der Waals surface area contributed by atoms with Crippen LogP contribution in [0.5, 0.6) is 0 Å².